The minimum absolute atomic E-state index is 0.0519. The van der Waals surface area contributed by atoms with Gasteiger partial charge in [0.05, 0.1) is 42.9 Å². The van der Waals surface area contributed by atoms with Crippen LogP contribution in [0.2, 0.25) is 0 Å². The van der Waals surface area contributed by atoms with Crippen molar-refractivity contribution in [2.75, 3.05) is 33.2 Å². The number of carbonyl (C=O) groups is 1. The lowest BCUT2D eigenvalue weighted by atomic mass is 10.0. The SMILES string of the molecule is CCN(CC)[C@@H](C(=O)N1C[C@H](F)CC1c1ncc(-c2ccc(-c3ccc(-c4cnc(CN(C)CC(C)F)[nH]4)cc3)cc2)[nH]1)c1ccccc1. The molecule has 2 aromatic heterocycles. The van der Waals surface area contributed by atoms with Crippen LogP contribution in [0.15, 0.2) is 91.3 Å². The number of alkyl halides is 2. The number of benzene rings is 3. The van der Waals surface area contributed by atoms with Gasteiger partial charge in [-0.05, 0) is 54.9 Å². The summed E-state index contributed by atoms with van der Waals surface area (Å²) in [5, 5.41) is 0. The quantitative estimate of drug-likeness (QED) is 0.135. The van der Waals surface area contributed by atoms with E-state index >= 15 is 0 Å². The lowest BCUT2D eigenvalue weighted by molar-refractivity contribution is -0.138. The number of nitrogens with zero attached hydrogens (tertiary/aromatic N) is 5. The molecule has 2 unspecified atom stereocenters. The molecular formula is C39H45F2N7O. The number of amides is 1. The predicted molar refractivity (Wildman–Crippen MR) is 190 cm³/mol. The summed E-state index contributed by atoms with van der Waals surface area (Å²) in [7, 11) is 1.88. The molecule has 1 saturated heterocycles. The van der Waals surface area contributed by atoms with Gasteiger partial charge in [0.1, 0.15) is 30.0 Å². The second kappa shape index (κ2) is 15.3. The molecule has 0 saturated carbocycles. The lowest BCUT2D eigenvalue weighted by Crippen LogP contribution is -2.43. The van der Waals surface area contributed by atoms with Gasteiger partial charge in [0, 0.05) is 13.0 Å². The summed E-state index contributed by atoms with van der Waals surface area (Å²) >= 11 is 0. The van der Waals surface area contributed by atoms with Gasteiger partial charge < -0.3 is 14.9 Å². The maximum absolute atomic E-state index is 15.0. The fraction of sp³-hybridized carbons (Fsp3) is 0.359. The number of rotatable bonds is 13. The predicted octanol–water partition coefficient (Wildman–Crippen LogP) is 7.62. The van der Waals surface area contributed by atoms with Gasteiger partial charge in [-0.15, -0.1) is 0 Å². The Morgan fingerprint density at radius 1 is 0.878 bits per heavy atom. The van der Waals surface area contributed by atoms with E-state index in [-0.39, 0.29) is 18.9 Å². The van der Waals surface area contributed by atoms with Gasteiger partial charge in [-0.1, -0.05) is 92.7 Å². The van der Waals surface area contributed by atoms with Crippen molar-refractivity contribution in [2.45, 2.75) is 58.2 Å². The van der Waals surface area contributed by atoms with Crippen LogP contribution in [0.5, 0.6) is 0 Å². The molecule has 49 heavy (non-hydrogen) atoms. The van der Waals surface area contributed by atoms with Crippen molar-refractivity contribution in [2.24, 2.45) is 0 Å². The third kappa shape index (κ3) is 7.81. The van der Waals surface area contributed by atoms with Crippen molar-refractivity contribution >= 4 is 5.91 Å². The third-order valence-electron chi connectivity index (χ3n) is 9.31. The molecule has 3 aromatic carbocycles. The molecule has 256 valence electrons. The monoisotopic (exact) mass is 665 g/mol. The molecule has 3 heterocycles. The van der Waals surface area contributed by atoms with Gasteiger partial charge in [-0.3, -0.25) is 14.6 Å². The molecule has 0 aliphatic carbocycles. The van der Waals surface area contributed by atoms with Crippen LogP contribution in [-0.4, -0.2) is 86.1 Å². The van der Waals surface area contributed by atoms with E-state index in [0.717, 1.165) is 45.0 Å². The third-order valence-corrected chi connectivity index (χ3v) is 9.31. The van der Waals surface area contributed by atoms with Crippen molar-refractivity contribution < 1.29 is 13.6 Å². The maximum Gasteiger partial charge on any atom is 0.245 e. The molecule has 8 nitrogen and oxygen atoms in total. The highest BCUT2D eigenvalue weighted by Gasteiger charge is 2.42. The van der Waals surface area contributed by atoms with E-state index in [1.807, 2.05) is 74.5 Å². The lowest BCUT2D eigenvalue weighted by Gasteiger charge is -2.34. The molecule has 10 heteroatoms. The minimum atomic E-state index is -1.12. The summed E-state index contributed by atoms with van der Waals surface area (Å²) in [6.45, 7) is 8.01. The molecule has 1 fully saturated rings. The number of carbonyl (C=O) groups excluding carboxylic acids is 1. The first-order chi connectivity index (χ1) is 23.7. The summed E-state index contributed by atoms with van der Waals surface area (Å²) in [6, 6.07) is 25.3. The van der Waals surface area contributed by atoms with E-state index in [0.29, 0.717) is 32.0 Å². The van der Waals surface area contributed by atoms with Crippen molar-refractivity contribution in [1.82, 2.24) is 34.6 Å². The number of imidazole rings is 2. The molecule has 6 rings (SSSR count). The Labute approximate surface area is 287 Å². The average molecular weight is 666 g/mol. The smallest absolute Gasteiger partial charge is 0.245 e. The molecule has 5 aromatic rings. The second-order valence-corrected chi connectivity index (χ2v) is 12.9. The van der Waals surface area contributed by atoms with Crippen molar-refractivity contribution in [3.05, 3.63) is 108 Å². The fourth-order valence-corrected chi connectivity index (χ4v) is 6.85. The zero-order valence-corrected chi connectivity index (χ0v) is 28.6. The molecule has 0 radical (unpaired) electrons. The first kappa shape index (κ1) is 34.2. The van der Waals surface area contributed by atoms with Crippen LogP contribution >= 0.6 is 0 Å². The van der Waals surface area contributed by atoms with Gasteiger partial charge in [0.2, 0.25) is 5.91 Å². The molecule has 0 spiro atoms. The van der Waals surface area contributed by atoms with E-state index in [4.69, 9.17) is 0 Å². The topological polar surface area (TPSA) is 84.2 Å². The Bertz CT molecular complexity index is 1800. The summed E-state index contributed by atoms with van der Waals surface area (Å²) in [6.07, 6.45) is 1.78. The van der Waals surface area contributed by atoms with Crippen molar-refractivity contribution in [3.8, 4) is 33.6 Å². The van der Waals surface area contributed by atoms with Gasteiger partial charge in [-0.25, -0.2) is 18.7 Å². The van der Waals surface area contributed by atoms with Crippen molar-refractivity contribution in [1.29, 1.82) is 0 Å². The standard InChI is InChI=1S/C39H45F2N7O/c1-5-47(6-2)37(31-10-8-7-9-11-31)39(49)48-24-32(41)20-35(48)38-43-22-34(45-38)30-18-14-28(15-19-30)27-12-16-29(17-13-27)33-21-42-36(44-33)25-46(4)23-26(3)40/h7-19,21-22,26,32,35,37H,5-6,20,23-25H2,1-4H3,(H,42,44)(H,43,45)/t26?,32-,35?,37-/m1/s1. The number of aromatic nitrogens is 4. The van der Waals surface area contributed by atoms with Crippen molar-refractivity contribution in [3.63, 3.8) is 0 Å². The molecule has 4 atom stereocenters. The minimum Gasteiger partial charge on any atom is -0.341 e. The first-order valence-corrected chi connectivity index (χ1v) is 17.1. The summed E-state index contributed by atoms with van der Waals surface area (Å²) in [5.74, 6) is 1.30. The average Bonchev–Trinajstić information content (AvgIpc) is 3.87. The number of halogens is 2. The molecule has 2 N–H and O–H groups in total. The van der Waals surface area contributed by atoms with Crippen LogP contribution < -0.4 is 0 Å². The number of H-pyrrole nitrogens is 2. The number of nitrogens with one attached hydrogen (secondary N) is 2. The van der Waals surface area contributed by atoms with E-state index < -0.39 is 24.4 Å². The molecule has 1 amide bonds. The van der Waals surface area contributed by atoms with E-state index in [1.165, 1.54) is 0 Å². The van der Waals surface area contributed by atoms with Gasteiger partial charge in [-0.2, -0.15) is 0 Å². The molecule has 1 aliphatic rings. The molecule has 0 bridgehead atoms. The number of aromatic amines is 2. The van der Waals surface area contributed by atoms with Crippen LogP contribution in [0.4, 0.5) is 8.78 Å². The highest BCUT2D eigenvalue weighted by molar-refractivity contribution is 5.84. The number of likely N-dealkylation sites (tertiary alicyclic amines) is 1. The Morgan fingerprint density at radius 2 is 1.45 bits per heavy atom. The molecular weight excluding hydrogens is 620 g/mol. The van der Waals surface area contributed by atoms with Crippen LogP contribution in [0.1, 0.15) is 56.5 Å². The van der Waals surface area contributed by atoms with Gasteiger partial charge in [0.25, 0.3) is 0 Å². The summed E-state index contributed by atoms with van der Waals surface area (Å²) < 4.78 is 28.3. The van der Waals surface area contributed by atoms with E-state index in [1.54, 1.807) is 18.0 Å². The summed E-state index contributed by atoms with van der Waals surface area (Å²) in [4.78, 5) is 35.7. The zero-order valence-electron chi connectivity index (χ0n) is 28.6. The number of likely N-dealkylation sites (N-methyl/N-ethyl adjacent to an activating group) is 1. The zero-order chi connectivity index (χ0) is 34.5. The maximum atomic E-state index is 15.0. The van der Waals surface area contributed by atoms with E-state index in [9.17, 15) is 13.6 Å². The summed E-state index contributed by atoms with van der Waals surface area (Å²) in [5.41, 5.74) is 6.76. The Balaban J connectivity index is 1.15. The van der Waals surface area contributed by atoms with E-state index in [2.05, 4.69) is 61.2 Å². The second-order valence-electron chi connectivity index (χ2n) is 12.9. The Kier molecular flexibility index (Phi) is 10.7. The Hall–Kier alpha value is -4.67. The normalized spacial score (nSPS) is 17.6. The number of hydrogen-bond acceptors (Lipinski definition) is 5. The highest BCUT2D eigenvalue weighted by Crippen LogP contribution is 2.37. The molecule has 1 aliphatic heterocycles. The van der Waals surface area contributed by atoms with Crippen LogP contribution in [0.3, 0.4) is 0 Å². The Morgan fingerprint density at radius 3 is 2.04 bits per heavy atom. The van der Waals surface area contributed by atoms with Crippen LogP contribution in [0.25, 0.3) is 33.6 Å². The highest BCUT2D eigenvalue weighted by atomic mass is 19.1. The fourth-order valence-electron chi connectivity index (χ4n) is 6.85. The van der Waals surface area contributed by atoms with Crippen LogP contribution in [0, 0.1) is 0 Å². The first-order valence-electron chi connectivity index (χ1n) is 17.1. The number of hydrogen-bond donors (Lipinski definition) is 2. The largest absolute Gasteiger partial charge is 0.341 e. The van der Waals surface area contributed by atoms with Gasteiger partial charge in [0.15, 0.2) is 0 Å². The van der Waals surface area contributed by atoms with Crippen LogP contribution in [-0.2, 0) is 11.3 Å². The van der Waals surface area contributed by atoms with Gasteiger partial charge >= 0.3 is 0 Å².